The van der Waals surface area contributed by atoms with Crippen molar-refractivity contribution in [2.75, 3.05) is 13.7 Å². The number of nitriles is 1. The van der Waals surface area contributed by atoms with Crippen molar-refractivity contribution in [1.82, 2.24) is 4.57 Å². The van der Waals surface area contributed by atoms with Gasteiger partial charge in [0, 0.05) is 31.3 Å². The topological polar surface area (TPSA) is 47.2 Å². The van der Waals surface area contributed by atoms with E-state index in [9.17, 15) is 5.26 Å². The smallest absolute Gasteiger partial charge is 0.202 e. The highest BCUT2D eigenvalue weighted by Crippen LogP contribution is 2.34. The third-order valence-corrected chi connectivity index (χ3v) is 3.71. The summed E-state index contributed by atoms with van der Waals surface area (Å²) in [7, 11) is 3.63. The van der Waals surface area contributed by atoms with Gasteiger partial charge in [0.25, 0.3) is 0 Å². The van der Waals surface area contributed by atoms with Crippen LogP contribution in [-0.2, 0) is 11.8 Å². The van der Waals surface area contributed by atoms with Gasteiger partial charge in [0.05, 0.1) is 6.61 Å². The van der Waals surface area contributed by atoms with Crippen LogP contribution in [0.1, 0.15) is 30.9 Å². The quantitative estimate of drug-likeness (QED) is 0.618. The lowest BCUT2D eigenvalue weighted by molar-refractivity contribution is 0.231. The predicted molar refractivity (Wildman–Crippen MR) is 87.9 cm³/mol. The second-order valence-corrected chi connectivity index (χ2v) is 5.72. The maximum Gasteiger partial charge on any atom is 0.202 e. The first kappa shape index (κ1) is 16.1. The van der Waals surface area contributed by atoms with Crippen molar-refractivity contribution < 1.29 is 9.47 Å². The minimum absolute atomic E-state index is 0.261. The number of allylic oxidation sites excluding steroid dienone is 1. The summed E-state index contributed by atoms with van der Waals surface area (Å²) in [6, 6.07) is 6.25. The van der Waals surface area contributed by atoms with Gasteiger partial charge in [0.1, 0.15) is 11.8 Å². The first-order chi connectivity index (χ1) is 10.5. The van der Waals surface area contributed by atoms with E-state index >= 15 is 0 Å². The first-order valence-electron chi connectivity index (χ1n) is 7.34. The normalized spacial score (nSPS) is 12.0. The maximum atomic E-state index is 9.21. The highest BCUT2D eigenvalue weighted by Gasteiger charge is 2.14. The van der Waals surface area contributed by atoms with Crippen LogP contribution in [-0.4, -0.2) is 18.3 Å². The van der Waals surface area contributed by atoms with Crippen LogP contribution in [0.2, 0.25) is 0 Å². The molecular formula is C18H22N2O2. The number of rotatable bonds is 5. The zero-order chi connectivity index (χ0) is 16.3. The van der Waals surface area contributed by atoms with Crippen molar-refractivity contribution in [1.29, 1.82) is 5.26 Å². The summed E-state index contributed by atoms with van der Waals surface area (Å²) in [6.07, 6.45) is 3.75. The van der Waals surface area contributed by atoms with Gasteiger partial charge in [-0.3, -0.25) is 0 Å². The Bertz CT molecular complexity index is 749. The molecule has 0 unspecified atom stereocenters. The summed E-state index contributed by atoms with van der Waals surface area (Å²) in [5, 5.41) is 10.4. The Labute approximate surface area is 131 Å². The Morgan fingerprint density at radius 2 is 2.14 bits per heavy atom. The average Bonchev–Trinajstić information content (AvgIpc) is 2.76. The van der Waals surface area contributed by atoms with Crippen LogP contribution in [0.5, 0.6) is 5.75 Å². The van der Waals surface area contributed by atoms with E-state index in [1.807, 2.05) is 13.1 Å². The Morgan fingerprint density at radius 1 is 1.41 bits per heavy atom. The molecule has 0 radical (unpaired) electrons. The average molecular weight is 298 g/mol. The minimum atomic E-state index is 0.261. The monoisotopic (exact) mass is 298 g/mol. The van der Waals surface area contributed by atoms with Crippen molar-refractivity contribution in [2.45, 2.75) is 26.7 Å². The van der Waals surface area contributed by atoms with Crippen LogP contribution >= 0.6 is 0 Å². The lowest BCUT2D eigenvalue weighted by Crippen LogP contribution is -2.00. The van der Waals surface area contributed by atoms with Crippen molar-refractivity contribution in [3.05, 3.63) is 41.3 Å². The Morgan fingerprint density at radius 3 is 2.73 bits per heavy atom. The molecule has 0 amide bonds. The fourth-order valence-electron chi connectivity index (χ4n) is 2.55. The molecule has 0 aliphatic carbocycles. The maximum absolute atomic E-state index is 9.21. The standard InChI is InChI=1S/C18H22N2O2/c1-12(2)15-8-17-16(13(3)11-20(17)4)9-18(15)22-14(10-19)6-7-21-5/h6,8-9,11-12H,7H2,1-5H3/b14-6-. The van der Waals surface area contributed by atoms with E-state index in [0.29, 0.717) is 12.5 Å². The summed E-state index contributed by atoms with van der Waals surface area (Å²) < 4.78 is 12.9. The van der Waals surface area contributed by atoms with E-state index in [1.54, 1.807) is 13.2 Å². The highest BCUT2D eigenvalue weighted by molar-refractivity contribution is 5.86. The van der Waals surface area contributed by atoms with E-state index in [-0.39, 0.29) is 5.76 Å². The second-order valence-electron chi connectivity index (χ2n) is 5.72. The highest BCUT2D eigenvalue weighted by atomic mass is 16.5. The van der Waals surface area contributed by atoms with Gasteiger partial charge in [0.2, 0.25) is 5.76 Å². The molecule has 22 heavy (non-hydrogen) atoms. The molecule has 0 atom stereocenters. The van der Waals surface area contributed by atoms with E-state index in [4.69, 9.17) is 9.47 Å². The number of methoxy groups -OCH3 is 1. The molecule has 4 nitrogen and oxygen atoms in total. The van der Waals surface area contributed by atoms with Gasteiger partial charge in [-0.1, -0.05) is 13.8 Å². The molecule has 0 aliphatic heterocycles. The molecule has 2 aromatic rings. The zero-order valence-corrected chi connectivity index (χ0v) is 13.8. The molecule has 0 N–H and O–H groups in total. The number of aromatic nitrogens is 1. The number of nitrogens with zero attached hydrogens (tertiary/aromatic N) is 2. The number of hydrogen-bond donors (Lipinski definition) is 0. The number of hydrogen-bond acceptors (Lipinski definition) is 3. The van der Waals surface area contributed by atoms with Crippen LogP contribution < -0.4 is 4.74 Å². The number of benzene rings is 1. The molecule has 0 saturated carbocycles. The summed E-state index contributed by atoms with van der Waals surface area (Å²) >= 11 is 0. The summed E-state index contributed by atoms with van der Waals surface area (Å²) in [5.74, 6) is 1.30. The van der Waals surface area contributed by atoms with Crippen molar-refractivity contribution in [2.24, 2.45) is 7.05 Å². The largest absolute Gasteiger partial charge is 0.446 e. The SMILES string of the molecule is COC/C=C(/C#N)Oc1cc2c(C)cn(C)c2cc1C(C)C. The zero-order valence-electron chi connectivity index (χ0n) is 13.8. The Hall–Kier alpha value is -2.25. The first-order valence-corrected chi connectivity index (χ1v) is 7.34. The van der Waals surface area contributed by atoms with E-state index in [1.165, 1.54) is 11.1 Å². The lowest BCUT2D eigenvalue weighted by Gasteiger charge is -2.14. The molecule has 4 heteroatoms. The summed E-state index contributed by atoms with van der Waals surface area (Å²) in [4.78, 5) is 0. The molecule has 0 fully saturated rings. The van der Waals surface area contributed by atoms with Crippen LogP contribution in [0.3, 0.4) is 0 Å². The van der Waals surface area contributed by atoms with Crippen molar-refractivity contribution >= 4 is 10.9 Å². The van der Waals surface area contributed by atoms with E-state index in [2.05, 4.69) is 43.7 Å². The molecule has 116 valence electrons. The molecule has 2 rings (SSSR count). The van der Waals surface area contributed by atoms with E-state index < -0.39 is 0 Å². The number of aryl methyl sites for hydroxylation is 2. The summed E-state index contributed by atoms with van der Waals surface area (Å²) in [6.45, 7) is 6.67. The molecule has 0 aliphatic rings. The van der Waals surface area contributed by atoms with Gasteiger partial charge in [0.15, 0.2) is 0 Å². The fraction of sp³-hybridized carbons (Fsp3) is 0.389. The third kappa shape index (κ3) is 3.15. The second kappa shape index (κ2) is 6.67. The van der Waals surface area contributed by atoms with Gasteiger partial charge in [-0.05, 0) is 42.2 Å². The molecule has 0 spiro atoms. The Kier molecular flexibility index (Phi) is 4.89. The van der Waals surface area contributed by atoms with Crippen LogP contribution in [0.25, 0.3) is 10.9 Å². The molecule has 0 saturated heterocycles. The molecule has 1 heterocycles. The van der Waals surface area contributed by atoms with Gasteiger partial charge >= 0.3 is 0 Å². The summed E-state index contributed by atoms with van der Waals surface area (Å²) in [5.41, 5.74) is 3.46. The van der Waals surface area contributed by atoms with Gasteiger partial charge in [-0.2, -0.15) is 5.26 Å². The third-order valence-electron chi connectivity index (χ3n) is 3.71. The minimum Gasteiger partial charge on any atom is -0.446 e. The molecule has 1 aromatic carbocycles. The van der Waals surface area contributed by atoms with Crippen molar-refractivity contribution in [3.63, 3.8) is 0 Å². The van der Waals surface area contributed by atoms with Gasteiger partial charge in [-0.25, -0.2) is 0 Å². The van der Waals surface area contributed by atoms with Crippen LogP contribution in [0.15, 0.2) is 30.2 Å². The Balaban J connectivity index is 2.54. The van der Waals surface area contributed by atoms with E-state index in [0.717, 1.165) is 16.7 Å². The predicted octanol–water partition coefficient (Wildman–Crippen LogP) is 4.04. The molecule has 1 aromatic heterocycles. The lowest BCUT2D eigenvalue weighted by atomic mass is 10.00. The molecule has 0 bridgehead atoms. The molecular weight excluding hydrogens is 276 g/mol. The fourth-order valence-corrected chi connectivity index (χ4v) is 2.55. The van der Waals surface area contributed by atoms with Gasteiger partial charge < -0.3 is 14.0 Å². The van der Waals surface area contributed by atoms with Crippen LogP contribution in [0, 0.1) is 18.3 Å². The number of ether oxygens (including phenoxy) is 2. The van der Waals surface area contributed by atoms with Gasteiger partial charge in [-0.15, -0.1) is 0 Å². The van der Waals surface area contributed by atoms with Crippen molar-refractivity contribution in [3.8, 4) is 11.8 Å². The number of fused-ring (bicyclic) bond motifs is 1. The van der Waals surface area contributed by atoms with Crippen LogP contribution in [0.4, 0.5) is 0 Å².